The van der Waals surface area contributed by atoms with Crippen LogP contribution in [0, 0.1) is 5.82 Å². The van der Waals surface area contributed by atoms with Crippen LogP contribution in [0.1, 0.15) is 21.5 Å². The summed E-state index contributed by atoms with van der Waals surface area (Å²) in [6.07, 6.45) is 10.1. The number of ketones is 1. The number of benzene rings is 2. The highest BCUT2D eigenvalue weighted by Crippen LogP contribution is 2.16. The van der Waals surface area contributed by atoms with Crippen LogP contribution in [0.25, 0.3) is 11.9 Å². The maximum absolute atomic E-state index is 12.9. The van der Waals surface area contributed by atoms with Gasteiger partial charge in [-0.1, -0.05) is 12.1 Å². The zero-order valence-electron chi connectivity index (χ0n) is 16.0. The maximum atomic E-state index is 12.9. The highest BCUT2D eigenvalue weighted by Gasteiger charge is 2.03. The van der Waals surface area contributed by atoms with Crippen molar-refractivity contribution in [3.63, 3.8) is 0 Å². The number of allylic oxidation sites excluding steroid dienone is 1. The molecule has 0 saturated heterocycles. The maximum Gasteiger partial charge on any atom is 0.185 e. The molecule has 0 aliphatic rings. The third kappa shape index (κ3) is 4.86. The average Bonchev–Trinajstić information content (AvgIpc) is 3.33. The van der Waals surface area contributed by atoms with Crippen LogP contribution in [-0.2, 0) is 6.61 Å². The Bertz CT molecular complexity index is 1130. The summed E-state index contributed by atoms with van der Waals surface area (Å²) in [7, 11) is 0. The minimum absolute atomic E-state index is 0.112. The summed E-state index contributed by atoms with van der Waals surface area (Å²) in [6, 6.07) is 16.8. The molecular weight excluding hydrogens is 381 g/mol. The first-order valence-electron chi connectivity index (χ1n) is 9.31. The van der Waals surface area contributed by atoms with E-state index in [2.05, 4.69) is 9.97 Å². The van der Waals surface area contributed by atoms with Crippen molar-refractivity contribution >= 4 is 11.9 Å². The summed E-state index contributed by atoms with van der Waals surface area (Å²) in [6.45, 7) is 0.329. The predicted molar refractivity (Wildman–Crippen MR) is 112 cm³/mol. The fourth-order valence-electron chi connectivity index (χ4n) is 2.77. The first-order chi connectivity index (χ1) is 14.7. The molecule has 0 N–H and O–H groups in total. The lowest BCUT2D eigenvalue weighted by Crippen LogP contribution is -1.97. The Morgan fingerprint density at radius 2 is 1.83 bits per heavy atom. The largest absolute Gasteiger partial charge is 0.489 e. The Morgan fingerprint density at radius 3 is 2.50 bits per heavy atom. The number of aromatic nitrogens is 3. The minimum Gasteiger partial charge on any atom is -0.489 e. The number of ether oxygens (including phenoxy) is 1. The van der Waals surface area contributed by atoms with Crippen molar-refractivity contribution in [1.29, 1.82) is 0 Å². The number of nitrogens with zero attached hydrogens (tertiary/aromatic N) is 3. The van der Waals surface area contributed by atoms with Crippen molar-refractivity contribution in [1.82, 2.24) is 14.5 Å². The summed E-state index contributed by atoms with van der Waals surface area (Å²) in [5, 5.41) is 0. The highest BCUT2D eigenvalue weighted by molar-refractivity contribution is 6.06. The number of carbonyl (C=O) groups excluding carboxylic acids is 1. The van der Waals surface area contributed by atoms with Gasteiger partial charge in [0.05, 0.1) is 0 Å². The number of hydrogen-bond donors (Lipinski definition) is 0. The molecule has 0 amide bonds. The topological polar surface area (TPSA) is 57.0 Å². The second-order valence-corrected chi connectivity index (χ2v) is 6.56. The molecule has 0 radical (unpaired) electrons. The molecule has 0 aliphatic heterocycles. The van der Waals surface area contributed by atoms with Gasteiger partial charge < -0.3 is 4.74 Å². The molecule has 2 heterocycles. The highest BCUT2D eigenvalue weighted by atomic mass is 19.1. The molecule has 0 fully saturated rings. The van der Waals surface area contributed by atoms with E-state index in [0.717, 1.165) is 16.9 Å². The third-order valence-corrected chi connectivity index (χ3v) is 4.42. The third-order valence-electron chi connectivity index (χ3n) is 4.42. The number of hydrogen-bond acceptors (Lipinski definition) is 4. The molecule has 0 aliphatic carbocycles. The van der Waals surface area contributed by atoms with Crippen LogP contribution in [0.15, 0.2) is 91.7 Å². The van der Waals surface area contributed by atoms with Gasteiger partial charge in [-0.05, 0) is 71.8 Å². The van der Waals surface area contributed by atoms with E-state index >= 15 is 0 Å². The number of carbonyl (C=O) groups is 1. The molecule has 4 rings (SSSR count). The molecule has 2 aromatic heterocycles. The van der Waals surface area contributed by atoms with Crippen LogP contribution in [0.4, 0.5) is 4.39 Å². The molecule has 0 saturated carbocycles. The molecule has 0 spiro atoms. The van der Waals surface area contributed by atoms with E-state index in [4.69, 9.17) is 4.74 Å². The minimum atomic E-state index is -0.278. The molecule has 4 aromatic rings. The van der Waals surface area contributed by atoms with Gasteiger partial charge in [0.1, 0.15) is 30.3 Å². The first kappa shape index (κ1) is 19.3. The number of rotatable bonds is 7. The number of imidazole rings is 1. The Hall–Kier alpha value is -4.06. The summed E-state index contributed by atoms with van der Waals surface area (Å²) in [5.41, 5.74) is 2.25. The molecule has 0 atom stereocenters. The van der Waals surface area contributed by atoms with Gasteiger partial charge in [0.2, 0.25) is 0 Å². The zero-order valence-corrected chi connectivity index (χ0v) is 16.0. The molecule has 30 heavy (non-hydrogen) atoms. The lowest BCUT2D eigenvalue weighted by molar-refractivity contribution is 0.104. The van der Waals surface area contributed by atoms with Crippen molar-refractivity contribution in [2.24, 2.45) is 0 Å². The summed E-state index contributed by atoms with van der Waals surface area (Å²) >= 11 is 0. The number of pyridine rings is 1. The lowest BCUT2D eigenvalue weighted by Gasteiger charge is -2.06. The van der Waals surface area contributed by atoms with Crippen LogP contribution in [-0.4, -0.2) is 20.3 Å². The van der Waals surface area contributed by atoms with Gasteiger partial charge in [0.25, 0.3) is 0 Å². The molecule has 148 valence electrons. The fraction of sp³-hybridized carbons (Fsp3) is 0.0417. The van der Waals surface area contributed by atoms with Gasteiger partial charge in [0.15, 0.2) is 5.78 Å². The standard InChI is InChI=1S/C24H18FN3O2/c25-21-7-1-19(2-8-21)16-30-22-9-5-20(6-10-22)23(29)11-3-18-4-12-24(27-15-18)28-14-13-26-17-28/h1-15,17H,16H2/b11-3+. The van der Waals surface area contributed by atoms with Gasteiger partial charge in [-0.25, -0.2) is 14.4 Å². The molecular formula is C24H18FN3O2. The van der Waals surface area contributed by atoms with Gasteiger partial charge in [-0.2, -0.15) is 0 Å². The Morgan fingerprint density at radius 1 is 1.03 bits per heavy atom. The van der Waals surface area contributed by atoms with Crippen LogP contribution < -0.4 is 4.74 Å². The van der Waals surface area contributed by atoms with Gasteiger partial charge >= 0.3 is 0 Å². The van der Waals surface area contributed by atoms with E-state index in [1.807, 2.05) is 18.3 Å². The molecule has 6 heteroatoms. The summed E-state index contributed by atoms with van der Waals surface area (Å²) in [5.74, 6) is 1.00. The van der Waals surface area contributed by atoms with Crippen molar-refractivity contribution in [2.45, 2.75) is 6.61 Å². The molecule has 0 bridgehead atoms. The van der Waals surface area contributed by atoms with Crippen molar-refractivity contribution < 1.29 is 13.9 Å². The van der Waals surface area contributed by atoms with Crippen LogP contribution in [0.5, 0.6) is 5.75 Å². The van der Waals surface area contributed by atoms with Crippen molar-refractivity contribution in [3.8, 4) is 11.6 Å². The van der Waals surface area contributed by atoms with E-state index in [0.29, 0.717) is 17.9 Å². The van der Waals surface area contributed by atoms with Gasteiger partial charge in [-0.3, -0.25) is 9.36 Å². The second kappa shape index (κ2) is 8.96. The second-order valence-electron chi connectivity index (χ2n) is 6.56. The van der Waals surface area contributed by atoms with Crippen LogP contribution >= 0.6 is 0 Å². The zero-order chi connectivity index (χ0) is 20.8. The SMILES string of the molecule is O=C(/C=C/c1ccc(-n2ccnc2)nc1)c1ccc(OCc2ccc(F)cc2)cc1. The first-order valence-corrected chi connectivity index (χ1v) is 9.31. The molecule has 5 nitrogen and oxygen atoms in total. The molecule has 2 aromatic carbocycles. The van der Waals surface area contributed by atoms with E-state index in [-0.39, 0.29) is 11.6 Å². The Kier molecular flexibility index (Phi) is 5.75. The van der Waals surface area contributed by atoms with E-state index in [9.17, 15) is 9.18 Å². The number of halogens is 1. The average molecular weight is 399 g/mol. The van der Waals surface area contributed by atoms with E-state index < -0.39 is 0 Å². The van der Waals surface area contributed by atoms with Gasteiger partial charge in [-0.15, -0.1) is 0 Å². The monoisotopic (exact) mass is 399 g/mol. The predicted octanol–water partition coefficient (Wildman–Crippen LogP) is 4.88. The van der Waals surface area contributed by atoms with Crippen LogP contribution in [0.2, 0.25) is 0 Å². The van der Waals surface area contributed by atoms with Gasteiger partial charge in [0, 0.05) is 24.2 Å². The fourth-order valence-corrected chi connectivity index (χ4v) is 2.77. The van der Waals surface area contributed by atoms with Crippen molar-refractivity contribution in [3.05, 3.63) is 114 Å². The Labute approximate surface area is 173 Å². The van der Waals surface area contributed by atoms with Crippen LogP contribution in [0.3, 0.4) is 0 Å². The van der Waals surface area contributed by atoms with E-state index in [1.54, 1.807) is 65.8 Å². The summed E-state index contributed by atoms with van der Waals surface area (Å²) < 4.78 is 20.4. The smallest absolute Gasteiger partial charge is 0.185 e. The quantitative estimate of drug-likeness (QED) is 0.328. The molecule has 0 unspecified atom stereocenters. The lowest BCUT2D eigenvalue weighted by atomic mass is 10.1. The normalized spacial score (nSPS) is 11.0. The Balaban J connectivity index is 1.34. The van der Waals surface area contributed by atoms with E-state index in [1.165, 1.54) is 18.2 Å². The van der Waals surface area contributed by atoms with Crippen molar-refractivity contribution in [2.75, 3.05) is 0 Å². The summed E-state index contributed by atoms with van der Waals surface area (Å²) in [4.78, 5) is 20.7.